The number of carbonyl (C=O) groups excluding carboxylic acids is 1. The zero-order valence-electron chi connectivity index (χ0n) is 27.6. The number of carbonyl (C=O) groups is 1. The molecule has 47 heavy (non-hydrogen) atoms. The van der Waals surface area contributed by atoms with Gasteiger partial charge in [0.25, 0.3) is 5.91 Å². The molecular formula is C35H45FN10O. The van der Waals surface area contributed by atoms with E-state index in [-0.39, 0.29) is 29.6 Å². The number of amides is 1. The summed E-state index contributed by atoms with van der Waals surface area (Å²) in [5.41, 5.74) is 2.45. The van der Waals surface area contributed by atoms with Crippen molar-refractivity contribution in [1.82, 2.24) is 34.6 Å². The Labute approximate surface area is 276 Å². The number of anilines is 3. The molecule has 1 saturated heterocycles. The van der Waals surface area contributed by atoms with E-state index in [1.54, 1.807) is 18.6 Å². The van der Waals surface area contributed by atoms with Crippen LogP contribution in [0.4, 0.5) is 21.8 Å². The second-order valence-electron chi connectivity index (χ2n) is 13.9. The van der Waals surface area contributed by atoms with E-state index in [2.05, 4.69) is 62.1 Å². The summed E-state index contributed by atoms with van der Waals surface area (Å²) in [7, 11) is 0. The maximum atomic E-state index is 15.3. The Morgan fingerprint density at radius 1 is 1.09 bits per heavy atom. The SMILES string of the molecule is CC[C@@H]1c2c(C#N)ncn2-c2cnc(Nc3ccc(C(=O)N[C@H]4CC[C@H](N5CCN(CC6CC6)CC5)CC4)c(F)c3)nc2N1C(C)C. The van der Waals surface area contributed by atoms with Crippen LogP contribution in [0.3, 0.4) is 0 Å². The van der Waals surface area contributed by atoms with Crippen molar-refractivity contribution in [2.75, 3.05) is 42.9 Å². The highest BCUT2D eigenvalue weighted by Crippen LogP contribution is 2.41. The van der Waals surface area contributed by atoms with Gasteiger partial charge in [-0.2, -0.15) is 10.2 Å². The average molecular weight is 641 g/mol. The highest BCUT2D eigenvalue weighted by atomic mass is 19.1. The molecule has 1 aromatic carbocycles. The quantitative estimate of drug-likeness (QED) is 0.327. The number of hydrogen-bond donors (Lipinski definition) is 2. The van der Waals surface area contributed by atoms with Gasteiger partial charge in [-0.05, 0) is 82.9 Å². The van der Waals surface area contributed by atoms with Crippen LogP contribution in [0.15, 0.2) is 30.7 Å². The third-order valence-electron chi connectivity index (χ3n) is 10.4. The molecule has 2 saturated carbocycles. The van der Waals surface area contributed by atoms with Crippen LogP contribution >= 0.6 is 0 Å². The Hall–Kier alpha value is -4.08. The van der Waals surface area contributed by atoms with Gasteiger partial charge in [-0.3, -0.25) is 14.3 Å². The van der Waals surface area contributed by atoms with E-state index in [1.165, 1.54) is 44.6 Å². The molecule has 2 N–H and O–H groups in total. The maximum absolute atomic E-state index is 15.3. The summed E-state index contributed by atoms with van der Waals surface area (Å²) < 4.78 is 17.2. The molecule has 1 atom stereocenters. The molecule has 0 spiro atoms. The minimum Gasteiger partial charge on any atom is -0.349 e. The summed E-state index contributed by atoms with van der Waals surface area (Å²) in [4.78, 5) is 34.2. The number of hydrogen-bond acceptors (Lipinski definition) is 9. The summed E-state index contributed by atoms with van der Waals surface area (Å²) >= 11 is 0. The lowest BCUT2D eigenvalue weighted by molar-refractivity contribution is 0.0693. The number of imidazole rings is 1. The van der Waals surface area contributed by atoms with E-state index in [0.717, 1.165) is 62.5 Å². The third kappa shape index (κ3) is 6.43. The van der Waals surface area contributed by atoms with Crippen LogP contribution in [-0.4, -0.2) is 86.1 Å². The van der Waals surface area contributed by atoms with Crippen LogP contribution in [0.1, 0.15) is 93.5 Å². The standard InChI is InChI=1S/C35H45FN10O/c1-4-30-32-29(18-37)39-21-45(32)31-19-38-35(42-33(31)46(30)22(2)3)41-25-9-12-27(28(36)17-25)34(47)40-24-7-10-26(11-8-24)44-15-13-43(14-16-44)20-23-5-6-23/h9,12,17,19,21-24,26,30H,4-8,10-11,13-16,20H2,1-3H3,(H,40,47)(H,38,41,42)/t24-,26-,30-/m1/s1. The van der Waals surface area contributed by atoms with Gasteiger partial charge in [-0.1, -0.05) is 6.92 Å². The highest BCUT2D eigenvalue weighted by Gasteiger charge is 2.36. The average Bonchev–Trinajstić information content (AvgIpc) is 3.79. The topological polar surface area (TPSA) is 118 Å². The van der Waals surface area contributed by atoms with E-state index in [9.17, 15) is 10.1 Å². The lowest BCUT2D eigenvalue weighted by Crippen LogP contribution is -2.52. The van der Waals surface area contributed by atoms with Gasteiger partial charge in [0.15, 0.2) is 11.5 Å². The second-order valence-corrected chi connectivity index (χ2v) is 13.9. The number of aromatic nitrogens is 4. The number of nitrogens with one attached hydrogen (secondary N) is 2. The molecule has 12 heteroatoms. The molecule has 4 aliphatic rings. The fourth-order valence-corrected chi connectivity index (χ4v) is 7.75. The molecule has 2 aliphatic heterocycles. The van der Waals surface area contributed by atoms with E-state index < -0.39 is 5.82 Å². The Kier molecular flexibility index (Phi) is 8.85. The van der Waals surface area contributed by atoms with Crippen LogP contribution in [0, 0.1) is 23.1 Å². The molecule has 0 unspecified atom stereocenters. The highest BCUT2D eigenvalue weighted by molar-refractivity contribution is 5.95. The van der Waals surface area contributed by atoms with Crippen molar-refractivity contribution < 1.29 is 9.18 Å². The zero-order valence-corrected chi connectivity index (χ0v) is 27.6. The number of halogens is 1. The smallest absolute Gasteiger partial charge is 0.254 e. The van der Waals surface area contributed by atoms with E-state index in [1.807, 2.05) is 4.57 Å². The molecule has 248 valence electrons. The molecule has 3 aromatic rings. The number of rotatable bonds is 9. The first-order valence-corrected chi connectivity index (χ1v) is 17.3. The van der Waals surface area contributed by atoms with Crippen LogP contribution in [0.5, 0.6) is 0 Å². The lowest BCUT2D eigenvalue weighted by Gasteiger charge is -2.42. The van der Waals surface area contributed by atoms with Gasteiger partial charge in [0, 0.05) is 56.5 Å². The lowest BCUT2D eigenvalue weighted by atomic mass is 9.89. The van der Waals surface area contributed by atoms with Crippen LogP contribution in [0.25, 0.3) is 5.69 Å². The van der Waals surface area contributed by atoms with Gasteiger partial charge in [-0.25, -0.2) is 14.4 Å². The third-order valence-corrected chi connectivity index (χ3v) is 10.4. The molecular weight excluding hydrogens is 595 g/mol. The molecule has 7 rings (SSSR count). The molecule has 4 heterocycles. The normalized spacial score (nSPS) is 23.2. The van der Waals surface area contributed by atoms with Gasteiger partial charge in [0.05, 0.1) is 23.5 Å². The minimum atomic E-state index is -0.592. The van der Waals surface area contributed by atoms with Crippen LogP contribution in [0.2, 0.25) is 0 Å². The van der Waals surface area contributed by atoms with Crippen LogP contribution < -0.4 is 15.5 Å². The largest absolute Gasteiger partial charge is 0.349 e. The van der Waals surface area contributed by atoms with Crippen molar-refractivity contribution in [2.45, 2.75) is 89.9 Å². The van der Waals surface area contributed by atoms with Gasteiger partial charge in [0.2, 0.25) is 5.95 Å². The van der Waals surface area contributed by atoms with Crippen molar-refractivity contribution in [3.05, 3.63) is 53.5 Å². The van der Waals surface area contributed by atoms with Crippen LogP contribution in [-0.2, 0) is 0 Å². The number of fused-ring (bicyclic) bond motifs is 3. The molecule has 0 radical (unpaired) electrons. The van der Waals surface area contributed by atoms with Gasteiger partial charge >= 0.3 is 0 Å². The number of benzene rings is 1. The summed E-state index contributed by atoms with van der Waals surface area (Å²) in [6.07, 6.45) is 10.9. The molecule has 2 aliphatic carbocycles. The maximum Gasteiger partial charge on any atom is 0.254 e. The molecule has 2 aromatic heterocycles. The molecule has 3 fully saturated rings. The van der Waals surface area contributed by atoms with Crippen molar-refractivity contribution in [2.24, 2.45) is 5.92 Å². The number of piperazine rings is 1. The second kappa shape index (κ2) is 13.2. The molecule has 1 amide bonds. The van der Waals surface area contributed by atoms with Gasteiger partial charge in [0.1, 0.15) is 23.9 Å². The number of nitriles is 1. The minimum absolute atomic E-state index is 0.0357. The molecule has 11 nitrogen and oxygen atoms in total. The zero-order chi connectivity index (χ0) is 32.7. The van der Waals surface area contributed by atoms with E-state index >= 15 is 4.39 Å². The summed E-state index contributed by atoms with van der Waals surface area (Å²) in [6, 6.07) is 7.39. The first-order chi connectivity index (χ1) is 22.8. The Balaban J connectivity index is 0.973. The summed E-state index contributed by atoms with van der Waals surface area (Å²) in [6.45, 7) is 12.1. The van der Waals surface area contributed by atoms with Gasteiger partial charge < -0.3 is 20.4 Å². The predicted molar refractivity (Wildman–Crippen MR) is 178 cm³/mol. The first kappa shape index (κ1) is 31.5. The summed E-state index contributed by atoms with van der Waals surface area (Å²) in [5.74, 6) is 0.999. The Bertz CT molecular complexity index is 1650. The van der Waals surface area contributed by atoms with Gasteiger partial charge in [-0.15, -0.1) is 0 Å². The Morgan fingerprint density at radius 2 is 1.85 bits per heavy atom. The molecule has 0 bridgehead atoms. The summed E-state index contributed by atoms with van der Waals surface area (Å²) in [5, 5.41) is 15.9. The Morgan fingerprint density at radius 3 is 2.51 bits per heavy atom. The fraction of sp³-hybridized carbons (Fsp3) is 0.571. The van der Waals surface area contributed by atoms with Crippen molar-refractivity contribution in [3.63, 3.8) is 0 Å². The van der Waals surface area contributed by atoms with Crippen molar-refractivity contribution in [3.8, 4) is 11.8 Å². The monoisotopic (exact) mass is 640 g/mol. The first-order valence-electron chi connectivity index (χ1n) is 17.3. The fourth-order valence-electron chi connectivity index (χ4n) is 7.75. The predicted octanol–water partition coefficient (Wildman–Crippen LogP) is 5.16. The van der Waals surface area contributed by atoms with E-state index in [4.69, 9.17) is 4.98 Å². The number of nitrogens with zero attached hydrogens (tertiary/aromatic N) is 8. The van der Waals surface area contributed by atoms with E-state index in [0.29, 0.717) is 29.2 Å². The van der Waals surface area contributed by atoms with Crippen molar-refractivity contribution in [1.29, 1.82) is 5.26 Å². The van der Waals surface area contributed by atoms with Crippen molar-refractivity contribution >= 4 is 23.4 Å².